The summed E-state index contributed by atoms with van der Waals surface area (Å²) < 4.78 is 11.5. The van der Waals surface area contributed by atoms with Gasteiger partial charge in [0.1, 0.15) is 5.75 Å². The zero-order valence-electron chi connectivity index (χ0n) is 14.8. The van der Waals surface area contributed by atoms with Crippen molar-refractivity contribution >= 4 is 0 Å². The second kappa shape index (κ2) is 7.65. The number of benzene rings is 1. The van der Waals surface area contributed by atoms with E-state index in [-0.39, 0.29) is 0 Å². The first kappa shape index (κ1) is 16.7. The van der Waals surface area contributed by atoms with E-state index in [4.69, 9.17) is 9.47 Å². The first-order chi connectivity index (χ1) is 11.2. The van der Waals surface area contributed by atoms with Crippen molar-refractivity contribution < 1.29 is 9.47 Å². The number of fused-ring (bicyclic) bond motifs is 1. The predicted octanol–water partition coefficient (Wildman–Crippen LogP) is 2.86. The van der Waals surface area contributed by atoms with Crippen LogP contribution in [0.2, 0.25) is 0 Å². The highest BCUT2D eigenvalue weighted by Gasteiger charge is 2.25. The van der Waals surface area contributed by atoms with Crippen LogP contribution < -0.4 is 4.74 Å². The SMILES string of the molecule is CCOc1cc2c(cc1CN1CCOCC1)CCN(CC)C2C. The lowest BCUT2D eigenvalue weighted by atomic mass is 9.91. The van der Waals surface area contributed by atoms with Crippen LogP contribution in [0.1, 0.15) is 43.5 Å². The van der Waals surface area contributed by atoms with Crippen molar-refractivity contribution in [3.63, 3.8) is 0 Å². The summed E-state index contributed by atoms with van der Waals surface area (Å²) in [4.78, 5) is 5.01. The van der Waals surface area contributed by atoms with E-state index in [2.05, 4.69) is 42.7 Å². The molecular formula is C19H30N2O2. The minimum absolute atomic E-state index is 0.486. The molecule has 2 aliphatic rings. The fourth-order valence-corrected chi connectivity index (χ4v) is 3.80. The van der Waals surface area contributed by atoms with Crippen molar-refractivity contribution in [2.45, 2.75) is 39.8 Å². The zero-order chi connectivity index (χ0) is 16.2. The Bertz CT molecular complexity index is 526. The van der Waals surface area contributed by atoms with E-state index >= 15 is 0 Å². The van der Waals surface area contributed by atoms with Crippen LogP contribution in [0.5, 0.6) is 5.75 Å². The van der Waals surface area contributed by atoms with Gasteiger partial charge in [-0.25, -0.2) is 0 Å². The third-order valence-electron chi connectivity index (χ3n) is 5.19. The summed E-state index contributed by atoms with van der Waals surface area (Å²) in [6.45, 7) is 14.3. The number of rotatable bonds is 5. The maximum absolute atomic E-state index is 5.99. The first-order valence-corrected chi connectivity index (χ1v) is 9.05. The Kier molecular flexibility index (Phi) is 5.57. The Morgan fingerprint density at radius 2 is 1.96 bits per heavy atom. The molecule has 4 heteroatoms. The Balaban J connectivity index is 1.87. The maximum Gasteiger partial charge on any atom is 0.124 e. The number of ether oxygens (including phenoxy) is 2. The summed E-state index contributed by atoms with van der Waals surface area (Å²) in [5.41, 5.74) is 4.30. The Hall–Kier alpha value is -1.10. The van der Waals surface area contributed by atoms with E-state index in [1.54, 1.807) is 0 Å². The number of likely N-dealkylation sites (N-methyl/N-ethyl adjacent to an activating group) is 1. The number of nitrogens with zero attached hydrogens (tertiary/aromatic N) is 2. The molecule has 0 amide bonds. The van der Waals surface area contributed by atoms with E-state index in [9.17, 15) is 0 Å². The van der Waals surface area contributed by atoms with Gasteiger partial charge in [-0.2, -0.15) is 0 Å². The van der Waals surface area contributed by atoms with Gasteiger partial charge in [-0.15, -0.1) is 0 Å². The third kappa shape index (κ3) is 3.70. The van der Waals surface area contributed by atoms with E-state index < -0.39 is 0 Å². The Labute approximate surface area is 140 Å². The van der Waals surface area contributed by atoms with E-state index in [0.717, 1.165) is 64.7 Å². The highest BCUT2D eigenvalue weighted by atomic mass is 16.5. The smallest absolute Gasteiger partial charge is 0.124 e. The molecule has 0 aromatic heterocycles. The van der Waals surface area contributed by atoms with Crippen LogP contribution in [0.3, 0.4) is 0 Å². The first-order valence-electron chi connectivity index (χ1n) is 9.05. The molecule has 23 heavy (non-hydrogen) atoms. The minimum Gasteiger partial charge on any atom is -0.494 e. The molecule has 128 valence electrons. The van der Waals surface area contributed by atoms with Gasteiger partial charge in [0.2, 0.25) is 0 Å². The topological polar surface area (TPSA) is 24.9 Å². The highest BCUT2D eigenvalue weighted by Crippen LogP contribution is 2.35. The molecule has 0 radical (unpaired) electrons. The van der Waals surface area contributed by atoms with Crippen LogP contribution >= 0.6 is 0 Å². The molecule has 1 fully saturated rings. The lowest BCUT2D eigenvalue weighted by Gasteiger charge is -2.35. The molecule has 1 saturated heterocycles. The lowest BCUT2D eigenvalue weighted by Crippen LogP contribution is -2.36. The summed E-state index contributed by atoms with van der Waals surface area (Å²) in [6, 6.07) is 5.20. The van der Waals surface area contributed by atoms with Crippen molar-refractivity contribution in [3.8, 4) is 5.75 Å². The summed E-state index contributed by atoms with van der Waals surface area (Å²) in [6.07, 6.45) is 1.15. The molecule has 2 aliphatic heterocycles. The number of hydrogen-bond donors (Lipinski definition) is 0. The van der Waals surface area contributed by atoms with Gasteiger partial charge in [-0.05, 0) is 44.0 Å². The van der Waals surface area contributed by atoms with Crippen LogP contribution in [-0.2, 0) is 17.7 Å². The van der Waals surface area contributed by atoms with Gasteiger partial charge in [-0.1, -0.05) is 13.0 Å². The van der Waals surface area contributed by atoms with Crippen LogP contribution in [0, 0.1) is 0 Å². The van der Waals surface area contributed by atoms with Crippen molar-refractivity contribution in [2.75, 3.05) is 46.0 Å². The van der Waals surface area contributed by atoms with Gasteiger partial charge in [0.15, 0.2) is 0 Å². The normalized spacial score (nSPS) is 22.8. The van der Waals surface area contributed by atoms with Crippen LogP contribution in [-0.4, -0.2) is 55.8 Å². The van der Waals surface area contributed by atoms with Crippen LogP contribution in [0.15, 0.2) is 12.1 Å². The van der Waals surface area contributed by atoms with Crippen LogP contribution in [0.25, 0.3) is 0 Å². The lowest BCUT2D eigenvalue weighted by molar-refractivity contribution is 0.0338. The molecule has 0 bridgehead atoms. The molecule has 1 atom stereocenters. The largest absolute Gasteiger partial charge is 0.494 e. The van der Waals surface area contributed by atoms with E-state index in [0.29, 0.717) is 6.04 Å². The molecule has 2 heterocycles. The zero-order valence-corrected chi connectivity index (χ0v) is 14.8. The Morgan fingerprint density at radius 3 is 2.65 bits per heavy atom. The van der Waals surface area contributed by atoms with Crippen molar-refractivity contribution in [1.29, 1.82) is 0 Å². The van der Waals surface area contributed by atoms with Gasteiger partial charge in [0.05, 0.1) is 19.8 Å². The van der Waals surface area contributed by atoms with Gasteiger partial charge in [-0.3, -0.25) is 9.80 Å². The molecule has 4 nitrogen and oxygen atoms in total. The fourth-order valence-electron chi connectivity index (χ4n) is 3.80. The van der Waals surface area contributed by atoms with Gasteiger partial charge in [0, 0.05) is 37.8 Å². The summed E-state index contributed by atoms with van der Waals surface area (Å²) in [5, 5.41) is 0. The average molecular weight is 318 g/mol. The molecule has 0 spiro atoms. The van der Waals surface area contributed by atoms with Crippen molar-refractivity contribution in [1.82, 2.24) is 9.80 Å². The molecule has 0 N–H and O–H groups in total. The fraction of sp³-hybridized carbons (Fsp3) is 0.684. The summed E-state index contributed by atoms with van der Waals surface area (Å²) in [7, 11) is 0. The number of hydrogen-bond acceptors (Lipinski definition) is 4. The number of morpholine rings is 1. The molecular weight excluding hydrogens is 288 g/mol. The quantitative estimate of drug-likeness (QED) is 0.833. The van der Waals surface area contributed by atoms with E-state index in [1.165, 1.54) is 16.7 Å². The molecule has 3 rings (SSSR count). The van der Waals surface area contributed by atoms with Crippen molar-refractivity contribution in [2.24, 2.45) is 0 Å². The van der Waals surface area contributed by atoms with Gasteiger partial charge in [0.25, 0.3) is 0 Å². The highest BCUT2D eigenvalue weighted by molar-refractivity contribution is 5.45. The second-order valence-corrected chi connectivity index (χ2v) is 6.53. The van der Waals surface area contributed by atoms with Crippen LogP contribution in [0.4, 0.5) is 0 Å². The molecule has 0 saturated carbocycles. The summed E-state index contributed by atoms with van der Waals surface area (Å²) in [5.74, 6) is 1.07. The van der Waals surface area contributed by atoms with Crippen molar-refractivity contribution in [3.05, 3.63) is 28.8 Å². The minimum atomic E-state index is 0.486. The van der Waals surface area contributed by atoms with Gasteiger partial charge >= 0.3 is 0 Å². The Morgan fingerprint density at radius 1 is 1.17 bits per heavy atom. The summed E-state index contributed by atoms with van der Waals surface area (Å²) >= 11 is 0. The average Bonchev–Trinajstić information content (AvgIpc) is 2.57. The van der Waals surface area contributed by atoms with E-state index in [1.807, 2.05) is 0 Å². The monoisotopic (exact) mass is 318 g/mol. The predicted molar refractivity (Wildman–Crippen MR) is 93.1 cm³/mol. The standard InChI is InChI=1S/C19H30N2O2/c1-4-21-7-6-16-12-17(14-20-8-10-22-11-9-20)19(23-5-2)13-18(16)15(21)3/h12-13,15H,4-11,14H2,1-3H3. The van der Waals surface area contributed by atoms with Gasteiger partial charge < -0.3 is 9.47 Å². The third-order valence-corrected chi connectivity index (χ3v) is 5.19. The second-order valence-electron chi connectivity index (χ2n) is 6.53. The molecule has 1 unspecified atom stereocenters. The molecule has 1 aromatic rings. The molecule has 0 aliphatic carbocycles. The molecule has 1 aromatic carbocycles. The maximum atomic E-state index is 5.99.